The number of ether oxygens (including phenoxy) is 3. The molecule has 0 atom stereocenters. The Labute approximate surface area is 256 Å². The number of hydrogen-bond donors (Lipinski definition) is 1. The topological polar surface area (TPSA) is 82.8 Å². The molecule has 0 saturated heterocycles. The molecule has 0 amide bonds. The van der Waals surface area contributed by atoms with Crippen molar-refractivity contribution in [1.29, 1.82) is 0 Å². The summed E-state index contributed by atoms with van der Waals surface area (Å²) >= 11 is 6.20. The Balaban J connectivity index is 1.59. The molecule has 5 rings (SSSR count). The molecule has 0 aliphatic heterocycles. The summed E-state index contributed by atoms with van der Waals surface area (Å²) in [5.41, 5.74) is 6.19. The molecule has 43 heavy (non-hydrogen) atoms. The average molecular weight is 597 g/mol. The van der Waals surface area contributed by atoms with E-state index in [2.05, 4.69) is 12.1 Å². The van der Waals surface area contributed by atoms with Gasteiger partial charge in [-0.25, -0.2) is 0 Å². The van der Waals surface area contributed by atoms with E-state index >= 15 is 0 Å². The van der Waals surface area contributed by atoms with Crippen molar-refractivity contribution in [3.63, 3.8) is 0 Å². The fourth-order valence-electron chi connectivity index (χ4n) is 5.00. The monoisotopic (exact) mass is 596 g/mol. The van der Waals surface area contributed by atoms with Gasteiger partial charge in [-0.05, 0) is 72.0 Å². The van der Waals surface area contributed by atoms with Gasteiger partial charge in [0.1, 0.15) is 12.4 Å². The first-order chi connectivity index (χ1) is 20.9. The van der Waals surface area contributed by atoms with Crippen LogP contribution in [-0.2, 0) is 30.8 Å². The maximum Gasteiger partial charge on any atom is 0.303 e. The second-order valence-electron chi connectivity index (χ2n) is 10.1. The number of halogens is 1. The minimum atomic E-state index is -0.847. The fourth-order valence-corrected chi connectivity index (χ4v) is 5.21. The second-order valence-corrected chi connectivity index (χ2v) is 10.5. The predicted molar refractivity (Wildman–Crippen MR) is 168 cm³/mol. The van der Waals surface area contributed by atoms with E-state index in [-0.39, 0.29) is 6.42 Å². The van der Waals surface area contributed by atoms with Gasteiger partial charge in [-0.3, -0.25) is 9.48 Å². The summed E-state index contributed by atoms with van der Waals surface area (Å²) in [6.45, 7) is 0.935. The Kier molecular flexibility index (Phi) is 9.64. The van der Waals surface area contributed by atoms with Gasteiger partial charge in [-0.1, -0.05) is 66.2 Å². The summed E-state index contributed by atoms with van der Waals surface area (Å²) in [6, 6.07) is 31.3. The Morgan fingerprint density at radius 1 is 0.791 bits per heavy atom. The normalized spacial score (nSPS) is 10.9. The van der Waals surface area contributed by atoms with E-state index in [1.165, 1.54) is 5.56 Å². The van der Waals surface area contributed by atoms with Crippen molar-refractivity contribution in [1.82, 2.24) is 9.78 Å². The summed E-state index contributed by atoms with van der Waals surface area (Å²) in [6.07, 6.45) is 1.19. The molecule has 0 spiro atoms. The van der Waals surface area contributed by atoms with Crippen LogP contribution >= 0.6 is 11.6 Å². The van der Waals surface area contributed by atoms with Gasteiger partial charge in [-0.2, -0.15) is 5.10 Å². The van der Waals surface area contributed by atoms with E-state index in [0.717, 1.165) is 34.4 Å². The Hall–Kier alpha value is -4.75. The van der Waals surface area contributed by atoms with E-state index < -0.39 is 5.97 Å². The molecular formula is C35H33ClN2O5. The highest BCUT2D eigenvalue weighted by atomic mass is 35.5. The Bertz CT molecular complexity index is 1700. The van der Waals surface area contributed by atoms with Crippen LogP contribution in [0.25, 0.3) is 22.5 Å². The van der Waals surface area contributed by atoms with Crippen LogP contribution in [0.1, 0.15) is 23.1 Å². The van der Waals surface area contributed by atoms with Crippen LogP contribution in [0, 0.1) is 0 Å². The zero-order chi connectivity index (χ0) is 30.2. The lowest BCUT2D eigenvalue weighted by Gasteiger charge is -2.14. The van der Waals surface area contributed by atoms with Gasteiger partial charge in [0.25, 0.3) is 0 Å². The largest absolute Gasteiger partial charge is 0.493 e. The molecule has 1 aromatic heterocycles. The van der Waals surface area contributed by atoms with Crippen LogP contribution in [-0.4, -0.2) is 35.1 Å². The summed E-state index contributed by atoms with van der Waals surface area (Å²) in [4.78, 5) is 11.3. The number of rotatable bonds is 13. The quantitative estimate of drug-likeness (QED) is 0.150. The van der Waals surface area contributed by atoms with Gasteiger partial charge < -0.3 is 19.3 Å². The Morgan fingerprint density at radius 2 is 1.58 bits per heavy atom. The number of aryl methyl sites for hydroxylation is 3. The molecule has 0 saturated carbocycles. The van der Waals surface area contributed by atoms with Gasteiger partial charge in [-0.15, -0.1) is 0 Å². The first-order valence-electron chi connectivity index (χ1n) is 14.0. The van der Waals surface area contributed by atoms with Crippen LogP contribution in [0.3, 0.4) is 0 Å². The van der Waals surface area contributed by atoms with Gasteiger partial charge in [0, 0.05) is 29.1 Å². The van der Waals surface area contributed by atoms with Crippen molar-refractivity contribution in [2.45, 2.75) is 32.4 Å². The molecule has 1 N–H and O–H groups in total. The van der Waals surface area contributed by atoms with Crippen LogP contribution in [0.2, 0.25) is 5.02 Å². The first kappa shape index (κ1) is 29.7. The van der Waals surface area contributed by atoms with Crippen LogP contribution in [0.5, 0.6) is 17.2 Å². The molecule has 0 unspecified atom stereocenters. The summed E-state index contributed by atoms with van der Waals surface area (Å²) in [7, 11) is 3.24. The number of aromatic nitrogens is 2. The molecule has 0 aliphatic rings. The summed E-state index contributed by atoms with van der Waals surface area (Å²) in [5.74, 6) is 1.03. The van der Waals surface area contributed by atoms with Crippen molar-refractivity contribution < 1.29 is 24.1 Å². The van der Waals surface area contributed by atoms with Crippen molar-refractivity contribution >= 4 is 17.6 Å². The van der Waals surface area contributed by atoms with Gasteiger partial charge >= 0.3 is 5.97 Å². The van der Waals surface area contributed by atoms with E-state index in [9.17, 15) is 9.90 Å². The molecule has 1 heterocycles. The molecule has 0 aliphatic carbocycles. The second kappa shape index (κ2) is 13.9. The zero-order valence-corrected chi connectivity index (χ0v) is 24.9. The molecule has 8 heteroatoms. The average Bonchev–Trinajstić information content (AvgIpc) is 3.46. The van der Waals surface area contributed by atoms with Gasteiger partial charge in [0.05, 0.1) is 25.6 Å². The third-order valence-corrected chi connectivity index (χ3v) is 7.38. The lowest BCUT2D eigenvalue weighted by atomic mass is 10.0. The van der Waals surface area contributed by atoms with E-state index in [4.69, 9.17) is 30.9 Å². The number of carboxylic acid groups (broad SMARTS) is 1. The molecule has 0 radical (unpaired) electrons. The van der Waals surface area contributed by atoms with Crippen LogP contribution in [0.4, 0.5) is 0 Å². The maximum atomic E-state index is 11.3. The SMILES string of the molecule is COc1cccc(-c2cc(-c3cc(CCC(=O)O)ccc3OCc3cccc(Cl)c3)nn2CCc2ccccc2)c1OC. The Morgan fingerprint density at radius 3 is 2.33 bits per heavy atom. The van der Waals surface area contributed by atoms with E-state index in [1.807, 2.05) is 89.6 Å². The molecule has 0 fully saturated rings. The number of nitrogens with zero attached hydrogens (tertiary/aromatic N) is 2. The highest BCUT2D eigenvalue weighted by Crippen LogP contribution is 2.40. The van der Waals surface area contributed by atoms with Gasteiger partial charge in [0.2, 0.25) is 0 Å². The number of carboxylic acids is 1. The van der Waals surface area contributed by atoms with Crippen molar-refractivity contribution in [2.75, 3.05) is 14.2 Å². The fraction of sp³-hybridized carbons (Fsp3) is 0.200. The highest BCUT2D eigenvalue weighted by molar-refractivity contribution is 6.30. The predicted octanol–water partition coefficient (Wildman–Crippen LogP) is 7.73. The number of hydrogen-bond acceptors (Lipinski definition) is 5. The third kappa shape index (κ3) is 7.37. The summed E-state index contributed by atoms with van der Waals surface area (Å²) < 4.78 is 19.7. The molecule has 7 nitrogen and oxygen atoms in total. The summed E-state index contributed by atoms with van der Waals surface area (Å²) in [5, 5.41) is 15.0. The first-order valence-corrected chi connectivity index (χ1v) is 14.4. The number of methoxy groups -OCH3 is 2. The highest BCUT2D eigenvalue weighted by Gasteiger charge is 2.20. The van der Waals surface area contributed by atoms with E-state index in [1.54, 1.807) is 14.2 Å². The number of aliphatic carboxylic acids is 1. The minimum absolute atomic E-state index is 0.0277. The molecule has 5 aromatic rings. The lowest BCUT2D eigenvalue weighted by molar-refractivity contribution is -0.136. The maximum absolute atomic E-state index is 11.3. The lowest BCUT2D eigenvalue weighted by Crippen LogP contribution is -2.06. The van der Waals surface area contributed by atoms with Gasteiger partial charge in [0.15, 0.2) is 11.5 Å². The number of benzene rings is 4. The zero-order valence-electron chi connectivity index (χ0n) is 24.1. The standard InChI is InChI=1S/C35H33ClN2O5/c1-41-33-13-7-12-28(35(33)42-2)31-22-30(37-38(31)19-18-24-8-4-3-5-9-24)29-21-25(15-17-34(39)40)14-16-32(29)43-23-26-10-6-11-27(36)20-26/h3-14,16,20-22H,15,17-19,23H2,1-2H3,(H,39,40). The molecule has 220 valence electrons. The van der Waals surface area contributed by atoms with E-state index in [0.29, 0.717) is 47.5 Å². The van der Waals surface area contributed by atoms with Crippen LogP contribution < -0.4 is 14.2 Å². The van der Waals surface area contributed by atoms with Crippen LogP contribution in [0.15, 0.2) is 97.1 Å². The smallest absolute Gasteiger partial charge is 0.303 e. The van der Waals surface area contributed by atoms with Crippen molar-refractivity contribution in [3.8, 4) is 39.8 Å². The molecule has 4 aromatic carbocycles. The molecule has 0 bridgehead atoms. The van der Waals surface area contributed by atoms with Crippen molar-refractivity contribution in [3.05, 3.63) is 119 Å². The third-order valence-electron chi connectivity index (χ3n) is 7.14. The minimum Gasteiger partial charge on any atom is -0.493 e. The number of para-hydroxylation sites is 1. The molecular weight excluding hydrogens is 564 g/mol. The van der Waals surface area contributed by atoms with Crippen molar-refractivity contribution in [2.24, 2.45) is 0 Å². The number of carbonyl (C=O) groups is 1.